The average molecular weight is 411 g/mol. The Kier molecular flexibility index (Phi) is 5.37. The van der Waals surface area contributed by atoms with E-state index in [4.69, 9.17) is 10.5 Å². The van der Waals surface area contributed by atoms with Crippen LogP contribution in [0.1, 0.15) is 25.3 Å². The molecule has 1 aliphatic heterocycles. The highest BCUT2D eigenvalue weighted by Crippen LogP contribution is 2.40. The molecule has 0 bridgehead atoms. The predicted octanol–water partition coefficient (Wildman–Crippen LogP) is 3.51. The molecule has 2 aromatic heterocycles. The van der Waals surface area contributed by atoms with Crippen molar-refractivity contribution in [2.24, 2.45) is 5.73 Å². The zero-order valence-corrected chi connectivity index (χ0v) is 17.2. The number of nitrogens with one attached hydrogen (secondary N) is 1. The van der Waals surface area contributed by atoms with Crippen LogP contribution >= 0.6 is 0 Å². The van der Waals surface area contributed by atoms with Crippen molar-refractivity contribution in [3.8, 4) is 17.2 Å². The lowest BCUT2D eigenvalue weighted by Crippen LogP contribution is -2.33. The van der Waals surface area contributed by atoms with Crippen LogP contribution in [-0.2, 0) is 9.53 Å². The summed E-state index contributed by atoms with van der Waals surface area (Å²) in [7, 11) is 0. The summed E-state index contributed by atoms with van der Waals surface area (Å²) in [6, 6.07) is 14.1. The fourth-order valence-corrected chi connectivity index (χ4v) is 3.83. The van der Waals surface area contributed by atoms with Crippen molar-refractivity contribution in [2.45, 2.75) is 19.8 Å². The molecule has 1 atom stereocenters. The van der Waals surface area contributed by atoms with Crippen LogP contribution in [-0.4, -0.2) is 22.5 Å². The summed E-state index contributed by atoms with van der Waals surface area (Å²) < 4.78 is 5.25. The van der Waals surface area contributed by atoms with E-state index in [1.807, 2.05) is 36.4 Å². The van der Waals surface area contributed by atoms with E-state index in [2.05, 4.69) is 21.4 Å². The number of aromatic nitrogens is 2. The summed E-state index contributed by atoms with van der Waals surface area (Å²) in [6.45, 7) is 3.68. The molecule has 0 saturated heterocycles. The number of fused-ring (bicyclic) bond motifs is 1. The van der Waals surface area contributed by atoms with E-state index in [9.17, 15) is 10.1 Å². The van der Waals surface area contributed by atoms with Gasteiger partial charge in [0.1, 0.15) is 5.82 Å². The van der Waals surface area contributed by atoms with E-state index >= 15 is 0 Å². The minimum Gasteiger partial charge on any atom is -0.463 e. The van der Waals surface area contributed by atoms with E-state index in [1.165, 1.54) is 0 Å². The third-order valence-corrected chi connectivity index (χ3v) is 5.27. The summed E-state index contributed by atoms with van der Waals surface area (Å²) in [5.41, 5.74) is 10.6. The van der Waals surface area contributed by atoms with Gasteiger partial charge in [-0.3, -0.25) is 9.97 Å². The maximum atomic E-state index is 12.8. The minimum atomic E-state index is -0.714. The third kappa shape index (κ3) is 3.60. The number of benzene rings is 1. The summed E-state index contributed by atoms with van der Waals surface area (Å²) in [5, 5.41) is 13.6. The number of hydrogen-bond donors (Lipinski definition) is 2. The second-order valence-electron chi connectivity index (χ2n) is 7.14. The highest BCUT2D eigenvalue weighted by Gasteiger charge is 2.36. The number of esters is 1. The van der Waals surface area contributed by atoms with Crippen molar-refractivity contribution in [2.75, 3.05) is 6.61 Å². The maximum absolute atomic E-state index is 12.8. The van der Waals surface area contributed by atoms with Gasteiger partial charge in [0, 0.05) is 29.0 Å². The first-order valence-corrected chi connectivity index (χ1v) is 9.88. The van der Waals surface area contributed by atoms with Gasteiger partial charge < -0.3 is 15.8 Å². The molecule has 0 aliphatic carbocycles. The van der Waals surface area contributed by atoms with Crippen LogP contribution in [0.15, 0.2) is 77.7 Å². The number of pyridine rings is 2. The molecule has 3 N–H and O–H groups in total. The Morgan fingerprint density at radius 2 is 2.00 bits per heavy atom. The molecule has 1 aromatic carbocycles. The molecule has 4 rings (SSSR count). The van der Waals surface area contributed by atoms with Crippen molar-refractivity contribution in [3.63, 3.8) is 0 Å². The normalized spacial score (nSPS) is 16.1. The fraction of sp³-hybridized carbons (Fsp3) is 0.167. The van der Waals surface area contributed by atoms with Gasteiger partial charge >= 0.3 is 5.97 Å². The van der Waals surface area contributed by atoms with Gasteiger partial charge in [0.15, 0.2) is 0 Å². The molecule has 7 heteroatoms. The van der Waals surface area contributed by atoms with Crippen molar-refractivity contribution in [3.05, 3.63) is 83.2 Å². The third-order valence-electron chi connectivity index (χ3n) is 5.27. The molecule has 0 spiro atoms. The number of carbonyl (C=O) groups excluding carboxylic acids is 1. The molecule has 0 amide bonds. The number of carbonyl (C=O) groups is 1. The second kappa shape index (κ2) is 8.28. The first-order valence-electron chi connectivity index (χ1n) is 9.88. The van der Waals surface area contributed by atoms with Crippen LogP contribution in [0.3, 0.4) is 0 Å². The smallest absolute Gasteiger partial charge is 0.338 e. The van der Waals surface area contributed by atoms with Gasteiger partial charge in [-0.05, 0) is 31.0 Å². The van der Waals surface area contributed by atoms with Gasteiger partial charge in [-0.25, -0.2) is 4.79 Å². The van der Waals surface area contributed by atoms with Crippen molar-refractivity contribution >= 4 is 16.9 Å². The lowest BCUT2D eigenvalue weighted by Gasteiger charge is -2.28. The molecule has 31 heavy (non-hydrogen) atoms. The number of hydrogen-bond acceptors (Lipinski definition) is 7. The molecule has 3 heterocycles. The second-order valence-corrected chi connectivity index (χ2v) is 7.14. The molecule has 1 unspecified atom stereocenters. The Morgan fingerprint density at radius 3 is 2.71 bits per heavy atom. The van der Waals surface area contributed by atoms with E-state index in [0.717, 1.165) is 16.5 Å². The van der Waals surface area contributed by atoms with Crippen LogP contribution in [0.2, 0.25) is 0 Å². The Labute approximate surface area is 179 Å². The van der Waals surface area contributed by atoms with Crippen LogP contribution in [0.4, 0.5) is 0 Å². The van der Waals surface area contributed by atoms with E-state index in [1.54, 1.807) is 32.4 Å². The number of dihydropyridines is 1. The number of nitrogens with two attached hydrogens (primary N) is 1. The van der Waals surface area contributed by atoms with Gasteiger partial charge in [-0.1, -0.05) is 30.3 Å². The van der Waals surface area contributed by atoms with Crippen LogP contribution in [0.5, 0.6) is 0 Å². The number of ether oxygens (including phenoxy) is 1. The van der Waals surface area contributed by atoms with Crippen molar-refractivity contribution in [1.29, 1.82) is 5.26 Å². The number of nitrogens with zero attached hydrogens (tertiary/aromatic N) is 3. The molecule has 3 aromatic rings. The summed E-state index contributed by atoms with van der Waals surface area (Å²) >= 11 is 0. The number of rotatable bonds is 4. The van der Waals surface area contributed by atoms with Gasteiger partial charge in [0.25, 0.3) is 0 Å². The number of nitriles is 1. The van der Waals surface area contributed by atoms with E-state index in [0.29, 0.717) is 22.4 Å². The largest absolute Gasteiger partial charge is 0.463 e. The molecular formula is C24H21N5O2. The summed E-state index contributed by atoms with van der Waals surface area (Å²) in [4.78, 5) is 21.7. The summed E-state index contributed by atoms with van der Waals surface area (Å²) in [5.74, 6) is -1.11. The topological polar surface area (TPSA) is 114 Å². The van der Waals surface area contributed by atoms with E-state index < -0.39 is 11.9 Å². The Bertz CT molecular complexity index is 1270. The standard InChI is InChI=1S/C24H21N5O2/c1-3-31-24(30)22-21(18(10-25)14(2)29-23(22)26)19-12-27-13-20-17(19)9-16(11-28-20)15-7-5-4-6-8-15/h4-9,11-13,21,29H,3,26H2,1-2H3. The zero-order chi connectivity index (χ0) is 22.0. The SMILES string of the molecule is CCOC(=O)C1=C(N)NC(C)=C(C#N)C1c1cncc2ncc(-c3ccccc3)cc12. The first kappa shape index (κ1) is 20.1. The van der Waals surface area contributed by atoms with E-state index in [-0.39, 0.29) is 18.0 Å². The molecule has 1 aliphatic rings. The molecule has 7 nitrogen and oxygen atoms in total. The predicted molar refractivity (Wildman–Crippen MR) is 117 cm³/mol. The highest BCUT2D eigenvalue weighted by atomic mass is 16.5. The lowest BCUT2D eigenvalue weighted by molar-refractivity contribution is -0.138. The first-order chi connectivity index (χ1) is 15.0. The van der Waals surface area contributed by atoms with Crippen LogP contribution < -0.4 is 11.1 Å². The monoisotopic (exact) mass is 411 g/mol. The van der Waals surface area contributed by atoms with Gasteiger partial charge in [-0.15, -0.1) is 0 Å². The van der Waals surface area contributed by atoms with Crippen molar-refractivity contribution < 1.29 is 9.53 Å². The average Bonchev–Trinajstić information content (AvgIpc) is 2.78. The lowest BCUT2D eigenvalue weighted by atomic mass is 9.81. The van der Waals surface area contributed by atoms with Gasteiger partial charge in [0.05, 0.1) is 41.5 Å². The Morgan fingerprint density at radius 1 is 1.23 bits per heavy atom. The molecular weight excluding hydrogens is 390 g/mol. The van der Waals surface area contributed by atoms with Crippen molar-refractivity contribution in [1.82, 2.24) is 15.3 Å². The fourth-order valence-electron chi connectivity index (χ4n) is 3.83. The highest BCUT2D eigenvalue weighted by molar-refractivity contribution is 5.95. The summed E-state index contributed by atoms with van der Waals surface area (Å²) in [6.07, 6.45) is 5.11. The zero-order valence-electron chi connectivity index (χ0n) is 17.2. The molecule has 154 valence electrons. The maximum Gasteiger partial charge on any atom is 0.338 e. The van der Waals surface area contributed by atoms with Gasteiger partial charge in [-0.2, -0.15) is 5.26 Å². The van der Waals surface area contributed by atoms with Crippen LogP contribution in [0, 0.1) is 11.3 Å². The molecule has 0 fully saturated rings. The van der Waals surface area contributed by atoms with Gasteiger partial charge in [0.2, 0.25) is 0 Å². The molecule has 0 radical (unpaired) electrons. The Hall–Kier alpha value is -4.18. The van der Waals surface area contributed by atoms with Crippen LogP contribution in [0.25, 0.3) is 22.0 Å². The number of allylic oxidation sites excluding steroid dienone is 2. The minimum absolute atomic E-state index is 0.170. The molecule has 0 saturated carbocycles. The Balaban J connectivity index is 1.97. The quantitative estimate of drug-likeness (QED) is 0.631.